The molecule has 1 atom stereocenters. The van der Waals surface area contributed by atoms with Crippen molar-refractivity contribution in [3.63, 3.8) is 0 Å². The summed E-state index contributed by atoms with van der Waals surface area (Å²) < 4.78 is 0. The van der Waals surface area contributed by atoms with Gasteiger partial charge in [0.15, 0.2) is 0 Å². The van der Waals surface area contributed by atoms with E-state index in [0.717, 1.165) is 22.4 Å². The van der Waals surface area contributed by atoms with E-state index in [2.05, 4.69) is 29.3 Å². The molecule has 3 nitrogen and oxygen atoms in total. The Bertz CT molecular complexity index is 637. The van der Waals surface area contributed by atoms with Crippen LogP contribution < -0.4 is 10.2 Å². The number of nitrogens with one attached hydrogen (secondary N) is 1. The summed E-state index contributed by atoms with van der Waals surface area (Å²) in [6.45, 7) is 6.73. The Morgan fingerprint density at radius 3 is 2.45 bits per heavy atom. The number of carbonyl (C=O) groups excluding carboxylic acids is 1. The first-order valence-electron chi connectivity index (χ1n) is 7.63. The molecular weight excluding hydrogens is 272 g/mol. The van der Waals surface area contributed by atoms with Gasteiger partial charge in [0.1, 0.15) is 0 Å². The van der Waals surface area contributed by atoms with Crippen molar-refractivity contribution in [3.8, 4) is 0 Å². The quantitative estimate of drug-likeness (QED) is 0.915. The Labute approximate surface area is 133 Å². The normalized spacial score (nSPS) is 11.8. The van der Waals surface area contributed by atoms with E-state index >= 15 is 0 Å². The minimum atomic E-state index is -0.00508. The summed E-state index contributed by atoms with van der Waals surface area (Å²) in [5.74, 6) is -0.00508. The van der Waals surface area contributed by atoms with Gasteiger partial charge in [-0.3, -0.25) is 4.79 Å². The van der Waals surface area contributed by atoms with Crippen molar-refractivity contribution in [2.75, 3.05) is 18.5 Å². The summed E-state index contributed by atoms with van der Waals surface area (Å²) in [4.78, 5) is 14.5. The molecule has 2 aromatic carbocycles. The highest BCUT2D eigenvalue weighted by Crippen LogP contribution is 2.15. The van der Waals surface area contributed by atoms with E-state index in [9.17, 15) is 4.79 Å². The van der Waals surface area contributed by atoms with Gasteiger partial charge in [-0.2, -0.15) is 0 Å². The van der Waals surface area contributed by atoms with E-state index in [0.29, 0.717) is 6.54 Å². The van der Waals surface area contributed by atoms with E-state index in [1.54, 1.807) is 0 Å². The highest BCUT2D eigenvalue weighted by Gasteiger charge is 2.14. The molecule has 1 amide bonds. The third-order valence-corrected chi connectivity index (χ3v) is 4.23. The Morgan fingerprint density at radius 1 is 1.09 bits per heavy atom. The predicted octanol–water partition coefficient (Wildman–Crippen LogP) is 3.56. The molecule has 0 aliphatic carbocycles. The van der Waals surface area contributed by atoms with E-state index in [1.165, 1.54) is 0 Å². The predicted molar refractivity (Wildman–Crippen MR) is 92.6 cm³/mol. The lowest BCUT2D eigenvalue weighted by atomic mass is 10.0. The zero-order valence-corrected chi connectivity index (χ0v) is 13.8. The molecule has 0 bridgehead atoms. The SMILES string of the molecule is Cc1cccc(C(=O)NCC(C)N(C)c2ccccc2)c1C. The maximum atomic E-state index is 12.4. The number of amides is 1. The Morgan fingerprint density at radius 2 is 1.77 bits per heavy atom. The van der Waals surface area contributed by atoms with Crippen molar-refractivity contribution in [1.29, 1.82) is 0 Å². The first-order chi connectivity index (χ1) is 10.5. The molecule has 22 heavy (non-hydrogen) atoms. The molecule has 1 N–H and O–H groups in total. The van der Waals surface area contributed by atoms with Gasteiger partial charge in [0.2, 0.25) is 0 Å². The fourth-order valence-electron chi connectivity index (χ4n) is 2.39. The van der Waals surface area contributed by atoms with Crippen molar-refractivity contribution in [1.82, 2.24) is 5.32 Å². The van der Waals surface area contributed by atoms with Crippen LogP contribution in [0.4, 0.5) is 5.69 Å². The summed E-state index contributed by atoms with van der Waals surface area (Å²) in [6, 6.07) is 16.2. The van der Waals surface area contributed by atoms with Crippen molar-refractivity contribution in [2.45, 2.75) is 26.8 Å². The molecule has 0 radical (unpaired) electrons. The number of carbonyl (C=O) groups is 1. The molecule has 0 aliphatic rings. The number of rotatable bonds is 5. The average molecular weight is 296 g/mol. The smallest absolute Gasteiger partial charge is 0.251 e. The number of aryl methyl sites for hydroxylation is 1. The number of hydrogen-bond acceptors (Lipinski definition) is 2. The van der Waals surface area contributed by atoms with Gasteiger partial charge in [-0.05, 0) is 50.1 Å². The standard InChI is InChI=1S/C19H24N2O/c1-14-9-8-12-18(16(14)3)19(22)20-13-15(2)21(4)17-10-6-5-7-11-17/h5-12,15H,13H2,1-4H3,(H,20,22). The van der Waals surface area contributed by atoms with Crippen LogP contribution in [0.5, 0.6) is 0 Å². The van der Waals surface area contributed by atoms with E-state index in [4.69, 9.17) is 0 Å². The molecule has 1 unspecified atom stereocenters. The van der Waals surface area contributed by atoms with Gasteiger partial charge in [-0.1, -0.05) is 30.3 Å². The lowest BCUT2D eigenvalue weighted by Crippen LogP contribution is -2.40. The van der Waals surface area contributed by atoms with Crippen molar-refractivity contribution in [2.24, 2.45) is 0 Å². The second kappa shape index (κ2) is 7.12. The summed E-state index contributed by atoms with van der Waals surface area (Å²) in [5, 5.41) is 3.04. The zero-order valence-electron chi connectivity index (χ0n) is 13.8. The second-order valence-corrected chi connectivity index (χ2v) is 5.75. The van der Waals surface area contributed by atoms with Gasteiger partial charge >= 0.3 is 0 Å². The third-order valence-electron chi connectivity index (χ3n) is 4.23. The van der Waals surface area contributed by atoms with Gasteiger partial charge in [0.05, 0.1) is 0 Å². The largest absolute Gasteiger partial charge is 0.370 e. The molecule has 3 heteroatoms. The highest BCUT2D eigenvalue weighted by molar-refractivity contribution is 5.95. The number of hydrogen-bond donors (Lipinski definition) is 1. The minimum absolute atomic E-state index is 0.00508. The summed E-state index contributed by atoms with van der Waals surface area (Å²) in [6.07, 6.45) is 0. The Hall–Kier alpha value is -2.29. The molecule has 0 aliphatic heterocycles. The van der Waals surface area contributed by atoms with Crippen LogP contribution in [-0.4, -0.2) is 25.5 Å². The highest BCUT2D eigenvalue weighted by atomic mass is 16.1. The zero-order chi connectivity index (χ0) is 16.1. The number of para-hydroxylation sites is 1. The summed E-state index contributed by atoms with van der Waals surface area (Å²) in [5.41, 5.74) is 4.09. The van der Waals surface area contributed by atoms with Gasteiger partial charge in [-0.15, -0.1) is 0 Å². The van der Waals surface area contributed by atoms with Gasteiger partial charge in [0.25, 0.3) is 5.91 Å². The maximum absolute atomic E-state index is 12.4. The molecule has 0 aromatic heterocycles. The first kappa shape index (κ1) is 16.1. The van der Waals surface area contributed by atoms with E-state index < -0.39 is 0 Å². The van der Waals surface area contributed by atoms with Gasteiger partial charge in [-0.25, -0.2) is 0 Å². The van der Waals surface area contributed by atoms with E-state index in [-0.39, 0.29) is 11.9 Å². The maximum Gasteiger partial charge on any atom is 0.251 e. The lowest BCUT2D eigenvalue weighted by molar-refractivity contribution is 0.0951. The van der Waals surface area contributed by atoms with E-state index in [1.807, 2.05) is 57.3 Å². The second-order valence-electron chi connectivity index (χ2n) is 5.75. The van der Waals surface area contributed by atoms with Gasteiger partial charge in [0, 0.05) is 30.9 Å². The van der Waals surface area contributed by atoms with Crippen molar-refractivity contribution in [3.05, 3.63) is 65.2 Å². The average Bonchev–Trinajstić information content (AvgIpc) is 2.55. The van der Waals surface area contributed by atoms with Crippen LogP contribution in [0.25, 0.3) is 0 Å². The third kappa shape index (κ3) is 3.67. The Balaban J connectivity index is 1.97. The van der Waals surface area contributed by atoms with Gasteiger partial charge < -0.3 is 10.2 Å². The number of benzene rings is 2. The van der Waals surface area contributed by atoms with Crippen LogP contribution in [0.1, 0.15) is 28.4 Å². The number of likely N-dealkylation sites (N-methyl/N-ethyl adjacent to an activating group) is 1. The molecule has 0 saturated heterocycles. The molecule has 0 saturated carbocycles. The lowest BCUT2D eigenvalue weighted by Gasteiger charge is -2.27. The number of nitrogens with zero attached hydrogens (tertiary/aromatic N) is 1. The minimum Gasteiger partial charge on any atom is -0.370 e. The van der Waals surface area contributed by atoms with Crippen LogP contribution in [0.3, 0.4) is 0 Å². The number of anilines is 1. The molecule has 2 aromatic rings. The topological polar surface area (TPSA) is 32.3 Å². The van der Waals surface area contributed by atoms with Crippen molar-refractivity contribution < 1.29 is 4.79 Å². The molecule has 0 spiro atoms. The fraction of sp³-hybridized carbons (Fsp3) is 0.316. The summed E-state index contributed by atoms with van der Waals surface area (Å²) >= 11 is 0. The monoisotopic (exact) mass is 296 g/mol. The van der Waals surface area contributed by atoms with Crippen LogP contribution in [0, 0.1) is 13.8 Å². The van der Waals surface area contributed by atoms with Crippen LogP contribution in [-0.2, 0) is 0 Å². The molecule has 0 fully saturated rings. The molecular formula is C19H24N2O. The van der Waals surface area contributed by atoms with Crippen LogP contribution in [0.15, 0.2) is 48.5 Å². The molecule has 116 valence electrons. The Kier molecular flexibility index (Phi) is 5.21. The fourth-order valence-corrected chi connectivity index (χ4v) is 2.39. The molecule has 2 rings (SSSR count). The van der Waals surface area contributed by atoms with Crippen LogP contribution in [0.2, 0.25) is 0 Å². The summed E-state index contributed by atoms with van der Waals surface area (Å²) in [7, 11) is 2.05. The van der Waals surface area contributed by atoms with Crippen LogP contribution >= 0.6 is 0 Å². The molecule has 0 heterocycles. The first-order valence-corrected chi connectivity index (χ1v) is 7.63. The van der Waals surface area contributed by atoms with Crippen molar-refractivity contribution >= 4 is 11.6 Å².